The van der Waals surface area contributed by atoms with Gasteiger partial charge in [0.15, 0.2) is 5.78 Å². The van der Waals surface area contributed by atoms with E-state index in [9.17, 15) is 13.6 Å². The Hall–Kier alpha value is -0.730. The van der Waals surface area contributed by atoms with Gasteiger partial charge in [-0.3, -0.25) is 4.79 Å². The number of rotatable bonds is 2. The molecule has 1 atom stereocenters. The van der Waals surface area contributed by atoms with Gasteiger partial charge in [0.1, 0.15) is 0 Å². The Labute approximate surface area is 88.5 Å². The third kappa shape index (κ3) is 2.44. The molecule has 0 aromatic carbocycles. The molecule has 1 nitrogen and oxygen atoms in total. The normalized spacial score (nSPS) is 30.0. The average molecular weight is 214 g/mol. The number of alkyl halides is 2. The third-order valence-corrected chi connectivity index (χ3v) is 3.38. The molecule has 15 heavy (non-hydrogen) atoms. The van der Waals surface area contributed by atoms with Crippen LogP contribution in [-0.4, -0.2) is 11.7 Å². The SMILES string of the molecule is O=C(C1=CCCCC1)C1CCC(F)(F)C1. The number of halogens is 2. The van der Waals surface area contributed by atoms with Gasteiger partial charge in [-0.2, -0.15) is 0 Å². The molecular formula is C12H16F2O. The fourth-order valence-electron chi connectivity index (χ4n) is 2.50. The first-order valence-corrected chi connectivity index (χ1v) is 5.69. The van der Waals surface area contributed by atoms with Crippen molar-refractivity contribution < 1.29 is 13.6 Å². The second-order valence-corrected chi connectivity index (χ2v) is 4.64. The zero-order valence-corrected chi connectivity index (χ0v) is 8.77. The van der Waals surface area contributed by atoms with Gasteiger partial charge in [-0.15, -0.1) is 0 Å². The molecule has 0 N–H and O–H groups in total. The molecule has 84 valence electrons. The summed E-state index contributed by atoms with van der Waals surface area (Å²) < 4.78 is 25.9. The second kappa shape index (κ2) is 4.03. The zero-order valence-electron chi connectivity index (χ0n) is 8.77. The molecule has 0 amide bonds. The Balaban J connectivity index is 2.00. The van der Waals surface area contributed by atoms with Crippen LogP contribution in [-0.2, 0) is 4.79 Å². The number of carbonyl (C=O) groups excluding carboxylic acids is 1. The van der Waals surface area contributed by atoms with Crippen LogP contribution in [0.15, 0.2) is 11.6 Å². The first-order chi connectivity index (χ1) is 7.08. The summed E-state index contributed by atoms with van der Waals surface area (Å²) in [7, 11) is 0. The molecule has 0 saturated heterocycles. The minimum Gasteiger partial charge on any atom is -0.294 e. The van der Waals surface area contributed by atoms with E-state index in [1.54, 1.807) is 0 Å². The summed E-state index contributed by atoms with van der Waals surface area (Å²) in [6.45, 7) is 0. The van der Waals surface area contributed by atoms with E-state index in [0.29, 0.717) is 6.42 Å². The molecular weight excluding hydrogens is 198 g/mol. The fourth-order valence-corrected chi connectivity index (χ4v) is 2.50. The van der Waals surface area contributed by atoms with Gasteiger partial charge in [0.25, 0.3) is 0 Å². The van der Waals surface area contributed by atoms with Crippen LogP contribution >= 0.6 is 0 Å². The molecule has 2 aliphatic carbocycles. The quantitative estimate of drug-likeness (QED) is 0.687. The Morgan fingerprint density at radius 1 is 1.40 bits per heavy atom. The van der Waals surface area contributed by atoms with Crippen molar-refractivity contribution in [3.8, 4) is 0 Å². The fraction of sp³-hybridized carbons (Fsp3) is 0.750. The third-order valence-electron chi connectivity index (χ3n) is 3.38. The Bertz CT molecular complexity index is 294. The molecule has 0 bridgehead atoms. The Morgan fingerprint density at radius 3 is 2.73 bits per heavy atom. The van der Waals surface area contributed by atoms with Gasteiger partial charge in [0.2, 0.25) is 5.92 Å². The first-order valence-electron chi connectivity index (χ1n) is 5.69. The molecule has 2 aliphatic rings. The number of ketones is 1. The molecule has 1 unspecified atom stereocenters. The molecule has 0 aromatic rings. The smallest absolute Gasteiger partial charge is 0.248 e. The first kappa shape index (κ1) is 10.8. The summed E-state index contributed by atoms with van der Waals surface area (Å²) >= 11 is 0. The van der Waals surface area contributed by atoms with Crippen molar-refractivity contribution in [3.63, 3.8) is 0 Å². The van der Waals surface area contributed by atoms with E-state index in [2.05, 4.69) is 0 Å². The molecule has 0 heterocycles. The predicted molar refractivity (Wildman–Crippen MR) is 53.8 cm³/mol. The van der Waals surface area contributed by atoms with E-state index in [1.165, 1.54) is 0 Å². The maximum Gasteiger partial charge on any atom is 0.248 e. The van der Waals surface area contributed by atoms with Gasteiger partial charge in [0, 0.05) is 18.8 Å². The lowest BCUT2D eigenvalue weighted by Crippen LogP contribution is -2.18. The van der Waals surface area contributed by atoms with Crippen LogP contribution in [0.3, 0.4) is 0 Å². The molecule has 1 saturated carbocycles. The van der Waals surface area contributed by atoms with E-state index in [0.717, 1.165) is 31.3 Å². The van der Waals surface area contributed by atoms with Crippen molar-refractivity contribution in [2.24, 2.45) is 5.92 Å². The number of Topliss-reactive ketones (excluding diaryl/α,β-unsaturated/α-hetero) is 1. The van der Waals surface area contributed by atoms with Crippen LogP contribution < -0.4 is 0 Å². The van der Waals surface area contributed by atoms with Crippen LogP contribution in [0.5, 0.6) is 0 Å². The largest absolute Gasteiger partial charge is 0.294 e. The monoisotopic (exact) mass is 214 g/mol. The number of hydrogen-bond acceptors (Lipinski definition) is 1. The van der Waals surface area contributed by atoms with Crippen molar-refractivity contribution in [3.05, 3.63) is 11.6 Å². The number of carbonyl (C=O) groups is 1. The lowest BCUT2D eigenvalue weighted by molar-refractivity contribution is -0.120. The standard InChI is InChI=1S/C12H16F2O/c13-12(14)7-6-10(8-12)11(15)9-4-2-1-3-5-9/h4,10H,1-3,5-8H2. The summed E-state index contributed by atoms with van der Waals surface area (Å²) in [4.78, 5) is 11.9. The summed E-state index contributed by atoms with van der Waals surface area (Å²) in [6, 6.07) is 0. The highest BCUT2D eigenvalue weighted by Crippen LogP contribution is 2.40. The van der Waals surface area contributed by atoms with Crippen molar-refractivity contribution in [1.29, 1.82) is 0 Å². The van der Waals surface area contributed by atoms with Crippen LogP contribution in [0.4, 0.5) is 8.78 Å². The van der Waals surface area contributed by atoms with Gasteiger partial charge in [0.05, 0.1) is 0 Å². The van der Waals surface area contributed by atoms with Gasteiger partial charge in [-0.25, -0.2) is 8.78 Å². The van der Waals surface area contributed by atoms with E-state index in [4.69, 9.17) is 0 Å². The summed E-state index contributed by atoms with van der Waals surface area (Å²) in [5, 5.41) is 0. The molecule has 0 radical (unpaired) electrons. The maximum atomic E-state index is 13.0. The highest BCUT2D eigenvalue weighted by atomic mass is 19.3. The van der Waals surface area contributed by atoms with Crippen LogP contribution in [0.2, 0.25) is 0 Å². The van der Waals surface area contributed by atoms with Gasteiger partial charge in [-0.05, 0) is 37.7 Å². The van der Waals surface area contributed by atoms with Crippen molar-refractivity contribution in [2.45, 2.75) is 50.9 Å². The topological polar surface area (TPSA) is 17.1 Å². The maximum absolute atomic E-state index is 13.0. The molecule has 0 aliphatic heterocycles. The average Bonchev–Trinajstić information content (AvgIpc) is 2.59. The lowest BCUT2D eigenvalue weighted by atomic mass is 9.89. The molecule has 2 rings (SSSR count). The van der Waals surface area contributed by atoms with Crippen LogP contribution in [0.1, 0.15) is 44.9 Å². The van der Waals surface area contributed by atoms with Gasteiger partial charge in [-0.1, -0.05) is 6.08 Å². The Morgan fingerprint density at radius 2 is 2.20 bits per heavy atom. The van der Waals surface area contributed by atoms with Crippen molar-refractivity contribution >= 4 is 5.78 Å². The summed E-state index contributed by atoms with van der Waals surface area (Å²) in [5.41, 5.74) is 0.809. The molecule has 1 fully saturated rings. The second-order valence-electron chi connectivity index (χ2n) is 4.64. The molecule has 3 heteroatoms. The van der Waals surface area contributed by atoms with E-state index in [-0.39, 0.29) is 18.6 Å². The molecule has 0 aromatic heterocycles. The van der Waals surface area contributed by atoms with Gasteiger partial charge < -0.3 is 0 Å². The highest BCUT2D eigenvalue weighted by molar-refractivity contribution is 5.97. The summed E-state index contributed by atoms with van der Waals surface area (Å²) in [5.74, 6) is -3.02. The van der Waals surface area contributed by atoms with E-state index >= 15 is 0 Å². The number of allylic oxidation sites excluding steroid dienone is 2. The number of hydrogen-bond donors (Lipinski definition) is 0. The molecule has 0 spiro atoms. The Kier molecular flexibility index (Phi) is 2.89. The summed E-state index contributed by atoms with van der Waals surface area (Å²) in [6.07, 6.45) is 5.84. The minimum absolute atomic E-state index is 0.00752. The van der Waals surface area contributed by atoms with E-state index < -0.39 is 11.8 Å². The predicted octanol–water partition coefficient (Wildman–Crippen LogP) is 3.49. The van der Waals surface area contributed by atoms with Gasteiger partial charge >= 0.3 is 0 Å². The van der Waals surface area contributed by atoms with Crippen LogP contribution in [0.25, 0.3) is 0 Å². The van der Waals surface area contributed by atoms with Crippen LogP contribution in [0, 0.1) is 5.92 Å². The minimum atomic E-state index is -2.60. The van der Waals surface area contributed by atoms with Crippen molar-refractivity contribution in [2.75, 3.05) is 0 Å². The van der Waals surface area contributed by atoms with Crippen molar-refractivity contribution in [1.82, 2.24) is 0 Å². The zero-order chi connectivity index (χ0) is 10.9. The lowest BCUT2D eigenvalue weighted by Gasteiger charge is -2.15. The van der Waals surface area contributed by atoms with E-state index in [1.807, 2.05) is 6.08 Å². The highest BCUT2D eigenvalue weighted by Gasteiger charge is 2.42.